The Morgan fingerprint density at radius 3 is 2.42 bits per heavy atom. The lowest BCUT2D eigenvalue weighted by molar-refractivity contribution is -0.594. The zero-order valence-corrected chi connectivity index (χ0v) is 14.6. The van der Waals surface area contributed by atoms with Crippen molar-refractivity contribution in [2.75, 3.05) is 31.2 Å². The van der Waals surface area contributed by atoms with Gasteiger partial charge in [0, 0.05) is 19.2 Å². The first-order valence-corrected chi connectivity index (χ1v) is 8.57. The SMILES string of the molecule is Cc1cc(C)c(-[n+]2cc3cccc(N4CCOCC4)n3c2)c(C)c1. The van der Waals surface area contributed by atoms with Crippen LogP contribution < -0.4 is 9.47 Å². The molecule has 0 amide bonds. The molecule has 2 aromatic heterocycles. The summed E-state index contributed by atoms with van der Waals surface area (Å²) >= 11 is 0. The fourth-order valence-corrected chi connectivity index (χ4v) is 3.81. The van der Waals surface area contributed by atoms with E-state index >= 15 is 0 Å². The molecule has 4 heteroatoms. The van der Waals surface area contributed by atoms with E-state index in [0.717, 1.165) is 26.3 Å². The monoisotopic (exact) mass is 322 g/mol. The van der Waals surface area contributed by atoms with Gasteiger partial charge in [-0.05, 0) is 38.0 Å². The minimum Gasteiger partial charge on any atom is -0.378 e. The van der Waals surface area contributed by atoms with Crippen LogP contribution in [0.1, 0.15) is 16.7 Å². The van der Waals surface area contributed by atoms with E-state index in [1.54, 1.807) is 0 Å². The normalized spacial score (nSPS) is 15.2. The molecular weight excluding hydrogens is 298 g/mol. The van der Waals surface area contributed by atoms with Gasteiger partial charge in [-0.25, -0.2) is 4.57 Å². The summed E-state index contributed by atoms with van der Waals surface area (Å²) in [5, 5.41) is 0. The highest BCUT2D eigenvalue weighted by Crippen LogP contribution is 2.20. The molecule has 24 heavy (non-hydrogen) atoms. The van der Waals surface area contributed by atoms with Crippen molar-refractivity contribution in [3.63, 3.8) is 0 Å². The molecule has 0 radical (unpaired) electrons. The van der Waals surface area contributed by atoms with Crippen LogP contribution in [0.5, 0.6) is 0 Å². The Labute approximate surface area is 142 Å². The van der Waals surface area contributed by atoms with Gasteiger partial charge in [0.25, 0.3) is 6.33 Å². The van der Waals surface area contributed by atoms with Gasteiger partial charge in [0.15, 0.2) is 5.52 Å². The highest BCUT2D eigenvalue weighted by Gasteiger charge is 2.20. The van der Waals surface area contributed by atoms with Gasteiger partial charge in [0.05, 0.1) is 13.2 Å². The molecule has 4 rings (SSSR count). The quantitative estimate of drug-likeness (QED) is 0.676. The summed E-state index contributed by atoms with van der Waals surface area (Å²) in [7, 11) is 0. The summed E-state index contributed by atoms with van der Waals surface area (Å²) in [6.45, 7) is 10.0. The molecule has 1 saturated heterocycles. The fourth-order valence-electron chi connectivity index (χ4n) is 3.81. The molecule has 0 bridgehead atoms. The summed E-state index contributed by atoms with van der Waals surface area (Å²) in [5.41, 5.74) is 6.41. The molecule has 1 fully saturated rings. The van der Waals surface area contributed by atoms with Gasteiger partial charge < -0.3 is 9.64 Å². The van der Waals surface area contributed by atoms with Crippen LogP contribution in [0.15, 0.2) is 42.9 Å². The topological polar surface area (TPSA) is 20.8 Å². The highest BCUT2D eigenvalue weighted by atomic mass is 16.5. The third kappa shape index (κ3) is 2.57. The Morgan fingerprint density at radius 1 is 1.00 bits per heavy atom. The zero-order valence-electron chi connectivity index (χ0n) is 14.6. The molecule has 1 aliphatic heterocycles. The number of fused-ring (bicyclic) bond motifs is 1. The van der Waals surface area contributed by atoms with E-state index < -0.39 is 0 Å². The Kier molecular flexibility index (Phi) is 3.77. The number of morpholine rings is 1. The van der Waals surface area contributed by atoms with Gasteiger partial charge in [-0.3, -0.25) is 0 Å². The van der Waals surface area contributed by atoms with Gasteiger partial charge >= 0.3 is 0 Å². The summed E-state index contributed by atoms with van der Waals surface area (Å²) in [4.78, 5) is 2.40. The molecule has 3 heterocycles. The molecule has 3 aromatic rings. The number of imidazole rings is 1. The molecule has 124 valence electrons. The number of hydrogen-bond acceptors (Lipinski definition) is 2. The number of rotatable bonds is 2. The third-order valence-electron chi connectivity index (χ3n) is 4.78. The second-order valence-electron chi connectivity index (χ2n) is 6.68. The van der Waals surface area contributed by atoms with Crippen LogP contribution in [0, 0.1) is 20.8 Å². The molecule has 1 aliphatic rings. The smallest absolute Gasteiger partial charge is 0.255 e. The maximum atomic E-state index is 5.49. The number of nitrogens with zero attached hydrogens (tertiary/aromatic N) is 3. The van der Waals surface area contributed by atoms with Crippen molar-refractivity contribution in [2.45, 2.75) is 20.8 Å². The molecule has 0 spiro atoms. The maximum Gasteiger partial charge on any atom is 0.255 e. The average Bonchev–Trinajstić information content (AvgIpc) is 2.98. The van der Waals surface area contributed by atoms with Crippen molar-refractivity contribution in [1.29, 1.82) is 0 Å². The Balaban J connectivity index is 1.85. The van der Waals surface area contributed by atoms with E-state index in [1.165, 1.54) is 33.7 Å². The molecular formula is C20H24N3O+. The number of aromatic nitrogens is 2. The minimum absolute atomic E-state index is 0.799. The summed E-state index contributed by atoms with van der Waals surface area (Å²) in [6.07, 6.45) is 4.42. The van der Waals surface area contributed by atoms with E-state index in [9.17, 15) is 0 Å². The van der Waals surface area contributed by atoms with Gasteiger partial charge in [0.1, 0.15) is 11.9 Å². The zero-order chi connectivity index (χ0) is 16.7. The second-order valence-corrected chi connectivity index (χ2v) is 6.68. The van der Waals surface area contributed by atoms with Crippen LogP contribution in [-0.4, -0.2) is 30.7 Å². The minimum atomic E-state index is 0.799. The van der Waals surface area contributed by atoms with Crippen molar-refractivity contribution in [2.24, 2.45) is 0 Å². The van der Waals surface area contributed by atoms with E-state index in [4.69, 9.17) is 4.74 Å². The van der Waals surface area contributed by atoms with Crippen LogP contribution in [0.4, 0.5) is 5.82 Å². The average molecular weight is 322 g/mol. The molecule has 0 saturated carbocycles. The van der Waals surface area contributed by atoms with Gasteiger partial charge in [-0.2, -0.15) is 4.40 Å². The standard InChI is InChI=1S/C20H24N3O/c1-15-11-16(2)20(17(3)12-15)22-13-18-5-4-6-19(23(18)14-22)21-7-9-24-10-8-21/h4-6,11-14H,7-10H2,1-3H3/q+1. The van der Waals surface area contributed by atoms with Crippen molar-refractivity contribution >= 4 is 11.3 Å². The fraction of sp³-hybridized carbons (Fsp3) is 0.350. The van der Waals surface area contributed by atoms with Crippen LogP contribution >= 0.6 is 0 Å². The van der Waals surface area contributed by atoms with Gasteiger partial charge in [-0.1, -0.05) is 23.8 Å². The largest absolute Gasteiger partial charge is 0.378 e. The lowest BCUT2D eigenvalue weighted by Crippen LogP contribution is -2.37. The molecule has 0 unspecified atom stereocenters. The van der Waals surface area contributed by atoms with Gasteiger partial charge in [0.2, 0.25) is 5.82 Å². The maximum absolute atomic E-state index is 5.49. The van der Waals surface area contributed by atoms with Crippen molar-refractivity contribution in [1.82, 2.24) is 4.40 Å². The van der Waals surface area contributed by atoms with E-state index in [-0.39, 0.29) is 0 Å². The molecule has 0 atom stereocenters. The van der Waals surface area contributed by atoms with E-state index in [2.05, 4.69) is 77.5 Å². The number of anilines is 1. The van der Waals surface area contributed by atoms with Crippen molar-refractivity contribution < 1.29 is 9.30 Å². The number of hydrogen-bond donors (Lipinski definition) is 0. The van der Waals surface area contributed by atoms with Gasteiger partial charge in [-0.15, -0.1) is 0 Å². The first-order chi connectivity index (χ1) is 11.6. The number of benzene rings is 1. The number of ether oxygens (including phenoxy) is 1. The Bertz CT molecular complexity index is 868. The Morgan fingerprint density at radius 2 is 1.71 bits per heavy atom. The lowest BCUT2D eigenvalue weighted by Gasteiger charge is -2.26. The Hall–Kier alpha value is -2.33. The van der Waals surface area contributed by atoms with Crippen LogP contribution in [0.3, 0.4) is 0 Å². The predicted octanol–water partition coefficient (Wildman–Crippen LogP) is 2.98. The second kappa shape index (κ2) is 5.95. The lowest BCUT2D eigenvalue weighted by atomic mass is 10.1. The van der Waals surface area contributed by atoms with Crippen molar-refractivity contribution in [3.8, 4) is 5.69 Å². The van der Waals surface area contributed by atoms with Crippen LogP contribution in [-0.2, 0) is 4.74 Å². The third-order valence-corrected chi connectivity index (χ3v) is 4.78. The first kappa shape index (κ1) is 15.2. The molecule has 0 N–H and O–H groups in total. The number of pyridine rings is 1. The molecule has 4 nitrogen and oxygen atoms in total. The summed E-state index contributed by atoms with van der Waals surface area (Å²) in [6, 6.07) is 11.0. The van der Waals surface area contributed by atoms with Crippen LogP contribution in [0.25, 0.3) is 11.2 Å². The van der Waals surface area contributed by atoms with E-state index in [1.807, 2.05) is 0 Å². The number of aryl methyl sites for hydroxylation is 3. The summed E-state index contributed by atoms with van der Waals surface area (Å²) < 4.78 is 10.0. The summed E-state index contributed by atoms with van der Waals surface area (Å²) in [5.74, 6) is 1.23. The molecule has 0 aliphatic carbocycles. The highest BCUT2D eigenvalue weighted by molar-refractivity contribution is 5.54. The first-order valence-electron chi connectivity index (χ1n) is 8.57. The van der Waals surface area contributed by atoms with Crippen molar-refractivity contribution in [3.05, 3.63) is 59.5 Å². The molecule has 1 aromatic carbocycles. The predicted molar refractivity (Wildman–Crippen MR) is 96.2 cm³/mol. The van der Waals surface area contributed by atoms with Crippen LogP contribution in [0.2, 0.25) is 0 Å². The van der Waals surface area contributed by atoms with E-state index in [0.29, 0.717) is 0 Å².